The molecular weight excluding hydrogens is 260 g/mol. The second-order valence-corrected chi connectivity index (χ2v) is 7.01. The lowest BCUT2D eigenvalue weighted by molar-refractivity contribution is 0.0834. The maximum atomic E-state index is 12.2. The van der Waals surface area contributed by atoms with E-state index in [2.05, 4.69) is 24.1 Å². The third-order valence-electron chi connectivity index (χ3n) is 3.99. The number of aliphatic hydroxyl groups is 1. The second-order valence-electron chi connectivity index (χ2n) is 5.95. The molecule has 106 valence electrons. The lowest BCUT2D eigenvalue weighted by atomic mass is 9.86. The first-order valence-electron chi connectivity index (χ1n) is 6.84. The Hall–Kier alpha value is -0.940. The quantitative estimate of drug-likeness (QED) is 0.892. The predicted molar refractivity (Wildman–Crippen MR) is 76.5 cm³/mol. The molecule has 2 N–H and O–H groups in total. The van der Waals surface area contributed by atoms with E-state index in [1.165, 1.54) is 11.3 Å². The van der Waals surface area contributed by atoms with Crippen LogP contribution in [-0.4, -0.2) is 28.6 Å². The third-order valence-corrected chi connectivity index (χ3v) is 5.29. The van der Waals surface area contributed by atoms with Crippen molar-refractivity contribution in [3.05, 3.63) is 16.1 Å². The van der Waals surface area contributed by atoms with E-state index in [0.29, 0.717) is 10.8 Å². The average Bonchev–Trinajstić information content (AvgIpc) is 2.98. The van der Waals surface area contributed by atoms with Crippen LogP contribution in [0.3, 0.4) is 0 Å². The molecular formula is C14H22N2O2S. The number of carbonyl (C=O) groups is 1. The summed E-state index contributed by atoms with van der Waals surface area (Å²) in [5, 5.41) is 13.5. The van der Waals surface area contributed by atoms with Gasteiger partial charge in [-0.25, -0.2) is 4.98 Å². The van der Waals surface area contributed by atoms with E-state index in [1.54, 1.807) is 6.20 Å². The van der Waals surface area contributed by atoms with Crippen LogP contribution >= 0.6 is 11.3 Å². The first-order valence-corrected chi connectivity index (χ1v) is 7.65. The minimum Gasteiger partial charge on any atom is -0.396 e. The topological polar surface area (TPSA) is 62.2 Å². The van der Waals surface area contributed by atoms with Gasteiger partial charge in [0.05, 0.1) is 17.8 Å². The number of thiazole rings is 1. The molecule has 4 nitrogen and oxygen atoms in total. The van der Waals surface area contributed by atoms with E-state index in [0.717, 1.165) is 24.3 Å². The zero-order chi connectivity index (χ0) is 14.0. The van der Waals surface area contributed by atoms with Crippen molar-refractivity contribution in [1.29, 1.82) is 0 Å². The maximum Gasteiger partial charge on any atom is 0.263 e. The summed E-state index contributed by atoms with van der Waals surface area (Å²) >= 11 is 1.45. The Bertz CT molecular complexity index is 458. The average molecular weight is 282 g/mol. The molecule has 19 heavy (non-hydrogen) atoms. The fraction of sp³-hybridized carbons (Fsp3) is 0.714. The number of aromatic nitrogens is 1. The molecule has 0 spiro atoms. The van der Waals surface area contributed by atoms with Gasteiger partial charge < -0.3 is 10.4 Å². The van der Waals surface area contributed by atoms with Crippen LogP contribution in [0.5, 0.6) is 0 Å². The third kappa shape index (κ3) is 2.98. The summed E-state index contributed by atoms with van der Waals surface area (Å²) in [5.41, 5.74) is -0.179. The Kier molecular flexibility index (Phi) is 4.26. The molecule has 0 bridgehead atoms. The Morgan fingerprint density at radius 1 is 1.68 bits per heavy atom. The van der Waals surface area contributed by atoms with E-state index < -0.39 is 0 Å². The predicted octanol–water partition coefficient (Wildman–Crippen LogP) is 2.55. The first kappa shape index (κ1) is 14.5. The van der Waals surface area contributed by atoms with Crippen molar-refractivity contribution in [2.75, 3.05) is 6.61 Å². The smallest absolute Gasteiger partial charge is 0.263 e. The van der Waals surface area contributed by atoms with Gasteiger partial charge in [0, 0.05) is 17.4 Å². The molecule has 5 heteroatoms. The number of nitrogens with zero attached hydrogens (tertiary/aromatic N) is 1. The van der Waals surface area contributed by atoms with E-state index in [9.17, 15) is 9.90 Å². The fourth-order valence-corrected chi connectivity index (χ4v) is 3.38. The largest absolute Gasteiger partial charge is 0.396 e. The molecule has 1 aromatic heterocycles. The summed E-state index contributed by atoms with van der Waals surface area (Å²) in [6, 6.07) is 0.0644. The van der Waals surface area contributed by atoms with Gasteiger partial charge in [-0.3, -0.25) is 4.79 Å². The Labute approximate surface area is 118 Å². The molecule has 0 aromatic carbocycles. The number of nitrogens with one attached hydrogen (secondary N) is 1. The summed E-state index contributed by atoms with van der Waals surface area (Å²) in [7, 11) is 0. The minimum absolute atomic E-state index is 0.0593. The molecule has 2 unspecified atom stereocenters. The van der Waals surface area contributed by atoms with Crippen LogP contribution < -0.4 is 5.32 Å². The van der Waals surface area contributed by atoms with Crippen LogP contribution in [-0.2, 0) is 0 Å². The summed E-state index contributed by atoms with van der Waals surface area (Å²) in [5.74, 6) is 0.289. The molecule has 0 radical (unpaired) electrons. The number of rotatable bonds is 4. The van der Waals surface area contributed by atoms with Crippen molar-refractivity contribution in [3.63, 3.8) is 0 Å². The lowest BCUT2D eigenvalue weighted by Gasteiger charge is -2.29. The van der Waals surface area contributed by atoms with E-state index >= 15 is 0 Å². The van der Waals surface area contributed by atoms with Crippen LogP contribution in [0.15, 0.2) is 6.20 Å². The molecule has 1 amide bonds. The van der Waals surface area contributed by atoms with Crippen molar-refractivity contribution < 1.29 is 9.90 Å². The highest BCUT2D eigenvalue weighted by molar-refractivity contribution is 7.13. The number of hydrogen-bond donors (Lipinski definition) is 2. The van der Waals surface area contributed by atoms with Gasteiger partial charge in [-0.05, 0) is 12.8 Å². The van der Waals surface area contributed by atoms with Gasteiger partial charge >= 0.3 is 0 Å². The molecule has 0 saturated heterocycles. The number of carbonyl (C=O) groups excluding carboxylic acids is 1. The zero-order valence-electron chi connectivity index (χ0n) is 11.8. The van der Waals surface area contributed by atoms with E-state index in [4.69, 9.17) is 0 Å². The highest BCUT2D eigenvalue weighted by Crippen LogP contribution is 2.37. The minimum atomic E-state index is -0.179. The Morgan fingerprint density at radius 2 is 2.42 bits per heavy atom. The van der Waals surface area contributed by atoms with Gasteiger partial charge in [-0.1, -0.05) is 27.2 Å². The van der Waals surface area contributed by atoms with Gasteiger partial charge in [0.25, 0.3) is 5.91 Å². The van der Waals surface area contributed by atoms with Crippen LogP contribution in [0.1, 0.15) is 60.6 Å². The standard InChI is InChI=1S/C14H22N2O2S/c1-9(2)13-15-7-10(19-13)12(18)16-11-5-4-6-14(11,3)8-17/h7,9,11,17H,4-6,8H2,1-3H3,(H,16,18). The Balaban J connectivity index is 2.04. The van der Waals surface area contributed by atoms with Gasteiger partial charge in [0.1, 0.15) is 4.88 Å². The van der Waals surface area contributed by atoms with Crippen LogP contribution in [0.4, 0.5) is 0 Å². The molecule has 1 aromatic rings. The van der Waals surface area contributed by atoms with Crippen LogP contribution in [0.2, 0.25) is 0 Å². The molecule has 1 aliphatic carbocycles. The Morgan fingerprint density at radius 3 is 3.00 bits per heavy atom. The normalized spacial score (nSPS) is 26.9. The molecule has 1 saturated carbocycles. The van der Waals surface area contributed by atoms with Crippen LogP contribution in [0, 0.1) is 5.41 Å². The first-order chi connectivity index (χ1) is 8.96. The van der Waals surface area contributed by atoms with Gasteiger partial charge in [0.15, 0.2) is 0 Å². The zero-order valence-corrected chi connectivity index (χ0v) is 12.6. The van der Waals surface area contributed by atoms with Crippen LogP contribution in [0.25, 0.3) is 0 Å². The molecule has 2 rings (SSSR count). The van der Waals surface area contributed by atoms with Gasteiger partial charge in [-0.15, -0.1) is 11.3 Å². The molecule has 1 aliphatic rings. The highest BCUT2D eigenvalue weighted by atomic mass is 32.1. The summed E-state index contributed by atoms with van der Waals surface area (Å²) in [6.07, 6.45) is 4.62. The van der Waals surface area contributed by atoms with Crippen molar-refractivity contribution in [1.82, 2.24) is 10.3 Å². The van der Waals surface area contributed by atoms with E-state index in [-0.39, 0.29) is 24.0 Å². The second kappa shape index (κ2) is 5.59. The summed E-state index contributed by atoms with van der Waals surface area (Å²) in [6.45, 7) is 6.30. The molecule has 0 aliphatic heterocycles. The molecule has 1 heterocycles. The number of amides is 1. The van der Waals surface area contributed by atoms with Gasteiger partial charge in [0.2, 0.25) is 0 Å². The summed E-state index contributed by atoms with van der Waals surface area (Å²) < 4.78 is 0. The monoisotopic (exact) mass is 282 g/mol. The van der Waals surface area contributed by atoms with Crippen molar-refractivity contribution >= 4 is 17.2 Å². The summed E-state index contributed by atoms with van der Waals surface area (Å²) in [4.78, 5) is 17.2. The van der Waals surface area contributed by atoms with Gasteiger partial charge in [-0.2, -0.15) is 0 Å². The van der Waals surface area contributed by atoms with Crippen molar-refractivity contribution in [2.45, 2.75) is 52.0 Å². The SMILES string of the molecule is CC(C)c1ncc(C(=O)NC2CCCC2(C)CO)s1. The molecule has 1 fully saturated rings. The highest BCUT2D eigenvalue weighted by Gasteiger charge is 2.39. The number of hydrogen-bond acceptors (Lipinski definition) is 4. The van der Waals surface area contributed by atoms with Crippen molar-refractivity contribution in [2.24, 2.45) is 5.41 Å². The maximum absolute atomic E-state index is 12.2. The van der Waals surface area contributed by atoms with Crippen molar-refractivity contribution in [3.8, 4) is 0 Å². The lowest BCUT2D eigenvalue weighted by Crippen LogP contribution is -2.44. The fourth-order valence-electron chi connectivity index (χ4n) is 2.56. The number of aliphatic hydroxyl groups excluding tert-OH is 1. The van der Waals surface area contributed by atoms with E-state index in [1.807, 2.05) is 6.92 Å². The molecule has 2 atom stereocenters.